The maximum Gasteiger partial charge on any atom is 0.228 e. The topological polar surface area (TPSA) is 26.3 Å². The number of ether oxygens (including phenoxy) is 1. The molecule has 0 rings (SSSR count). The number of hydrogen-bond acceptors (Lipinski definition) is 2. The summed E-state index contributed by atoms with van der Waals surface area (Å²) in [6, 6.07) is 0. The summed E-state index contributed by atoms with van der Waals surface area (Å²) in [6.07, 6.45) is 4.56. The lowest BCUT2D eigenvalue weighted by Gasteiger charge is -2.00. The number of rotatable bonds is 7. The van der Waals surface area contributed by atoms with Crippen molar-refractivity contribution in [2.75, 3.05) is 13.2 Å². The SMILES string of the molecule is C=C([C]=O)CCOCCCC. The second-order valence-electron chi connectivity index (χ2n) is 2.42. The van der Waals surface area contributed by atoms with Gasteiger partial charge in [-0.15, -0.1) is 0 Å². The van der Waals surface area contributed by atoms with E-state index in [1.165, 1.54) is 0 Å². The average Bonchev–Trinajstić information content (AvgIpc) is 2.04. The Bertz CT molecular complexity index is 119. The van der Waals surface area contributed by atoms with E-state index in [2.05, 4.69) is 13.5 Å². The van der Waals surface area contributed by atoms with Gasteiger partial charge in [0.1, 0.15) is 0 Å². The largest absolute Gasteiger partial charge is 0.381 e. The lowest BCUT2D eigenvalue weighted by molar-refractivity contribution is 0.135. The van der Waals surface area contributed by atoms with Crippen LogP contribution in [0.25, 0.3) is 0 Å². The quantitative estimate of drug-likeness (QED) is 0.414. The summed E-state index contributed by atoms with van der Waals surface area (Å²) in [5.74, 6) is 0. The first-order chi connectivity index (χ1) is 5.31. The highest BCUT2D eigenvalue weighted by molar-refractivity contribution is 5.72. The van der Waals surface area contributed by atoms with Crippen LogP contribution in [0.4, 0.5) is 0 Å². The van der Waals surface area contributed by atoms with E-state index in [9.17, 15) is 4.79 Å². The van der Waals surface area contributed by atoms with E-state index in [0.717, 1.165) is 19.4 Å². The molecule has 0 heterocycles. The molecule has 0 saturated heterocycles. The molecule has 0 aromatic carbocycles. The molecule has 0 atom stereocenters. The zero-order valence-corrected chi connectivity index (χ0v) is 7.06. The Morgan fingerprint density at radius 2 is 2.27 bits per heavy atom. The van der Waals surface area contributed by atoms with Crippen LogP contribution in [0.5, 0.6) is 0 Å². The van der Waals surface area contributed by atoms with E-state index in [-0.39, 0.29) is 0 Å². The predicted octanol–water partition coefficient (Wildman–Crippen LogP) is 1.86. The molecule has 0 amide bonds. The number of unbranched alkanes of at least 4 members (excludes halogenated alkanes) is 1. The Kier molecular flexibility index (Phi) is 7.05. The van der Waals surface area contributed by atoms with E-state index in [4.69, 9.17) is 4.74 Å². The van der Waals surface area contributed by atoms with Gasteiger partial charge in [0.25, 0.3) is 0 Å². The van der Waals surface area contributed by atoms with Crippen molar-refractivity contribution >= 4 is 6.29 Å². The Balaban J connectivity index is 3.01. The Morgan fingerprint density at radius 3 is 2.82 bits per heavy atom. The van der Waals surface area contributed by atoms with Gasteiger partial charge in [0, 0.05) is 6.61 Å². The van der Waals surface area contributed by atoms with Gasteiger partial charge in [-0.2, -0.15) is 0 Å². The minimum atomic E-state index is 0.487. The van der Waals surface area contributed by atoms with Gasteiger partial charge in [-0.1, -0.05) is 19.9 Å². The molecule has 1 radical (unpaired) electrons. The van der Waals surface area contributed by atoms with Crippen LogP contribution in [0.1, 0.15) is 26.2 Å². The Morgan fingerprint density at radius 1 is 1.55 bits per heavy atom. The normalized spacial score (nSPS) is 9.55. The van der Waals surface area contributed by atoms with Crippen LogP contribution < -0.4 is 0 Å². The van der Waals surface area contributed by atoms with Crippen LogP contribution in [0.15, 0.2) is 12.2 Å². The molecule has 2 nitrogen and oxygen atoms in total. The minimum absolute atomic E-state index is 0.487. The van der Waals surface area contributed by atoms with Gasteiger partial charge in [0.15, 0.2) is 0 Å². The van der Waals surface area contributed by atoms with Gasteiger partial charge >= 0.3 is 0 Å². The van der Waals surface area contributed by atoms with E-state index in [1.807, 2.05) is 0 Å². The van der Waals surface area contributed by atoms with Crippen LogP contribution in [0, 0.1) is 0 Å². The smallest absolute Gasteiger partial charge is 0.228 e. The van der Waals surface area contributed by atoms with Crippen molar-refractivity contribution in [2.24, 2.45) is 0 Å². The van der Waals surface area contributed by atoms with Crippen LogP contribution in [-0.4, -0.2) is 19.5 Å². The third-order valence-electron chi connectivity index (χ3n) is 1.33. The fourth-order valence-corrected chi connectivity index (χ4v) is 0.595. The molecule has 0 N–H and O–H groups in total. The van der Waals surface area contributed by atoms with E-state index >= 15 is 0 Å². The van der Waals surface area contributed by atoms with Crippen LogP contribution in [-0.2, 0) is 9.53 Å². The zero-order valence-electron chi connectivity index (χ0n) is 7.06. The van der Waals surface area contributed by atoms with Crippen molar-refractivity contribution in [3.05, 3.63) is 12.2 Å². The average molecular weight is 155 g/mol. The first-order valence-corrected chi connectivity index (χ1v) is 3.95. The summed E-state index contributed by atoms with van der Waals surface area (Å²) in [5, 5.41) is 0. The van der Waals surface area contributed by atoms with E-state index in [0.29, 0.717) is 18.6 Å². The van der Waals surface area contributed by atoms with Crippen LogP contribution >= 0.6 is 0 Å². The van der Waals surface area contributed by atoms with E-state index < -0.39 is 0 Å². The molecule has 2 heteroatoms. The molecule has 0 saturated carbocycles. The van der Waals surface area contributed by atoms with Gasteiger partial charge < -0.3 is 4.74 Å². The molecule has 0 aliphatic heterocycles. The molecule has 0 unspecified atom stereocenters. The first-order valence-electron chi connectivity index (χ1n) is 3.95. The third kappa shape index (κ3) is 7.26. The lowest BCUT2D eigenvalue weighted by atomic mass is 10.2. The fourth-order valence-electron chi connectivity index (χ4n) is 0.595. The Hall–Kier alpha value is -0.630. The fraction of sp³-hybridized carbons (Fsp3) is 0.667. The molecule has 0 aliphatic carbocycles. The van der Waals surface area contributed by atoms with Crippen molar-refractivity contribution < 1.29 is 9.53 Å². The van der Waals surface area contributed by atoms with Crippen molar-refractivity contribution in [1.29, 1.82) is 0 Å². The summed E-state index contributed by atoms with van der Waals surface area (Å²) in [7, 11) is 0. The molecular formula is C9H15O2. The molecule has 11 heavy (non-hydrogen) atoms. The van der Waals surface area contributed by atoms with Crippen molar-refractivity contribution in [2.45, 2.75) is 26.2 Å². The number of hydrogen-bond donors (Lipinski definition) is 0. The van der Waals surface area contributed by atoms with E-state index in [1.54, 1.807) is 6.29 Å². The van der Waals surface area contributed by atoms with Crippen LogP contribution in [0.3, 0.4) is 0 Å². The minimum Gasteiger partial charge on any atom is -0.381 e. The lowest BCUT2D eigenvalue weighted by Crippen LogP contribution is -1.97. The third-order valence-corrected chi connectivity index (χ3v) is 1.33. The summed E-state index contributed by atoms with van der Waals surface area (Å²) < 4.78 is 5.21. The van der Waals surface area contributed by atoms with Gasteiger partial charge in [-0.05, 0) is 18.4 Å². The highest BCUT2D eigenvalue weighted by Gasteiger charge is 1.92. The van der Waals surface area contributed by atoms with Gasteiger partial charge in [0.2, 0.25) is 6.29 Å². The summed E-state index contributed by atoms with van der Waals surface area (Å²) >= 11 is 0. The molecule has 63 valence electrons. The second kappa shape index (κ2) is 7.48. The Labute approximate surface area is 68.2 Å². The molecular weight excluding hydrogens is 140 g/mol. The van der Waals surface area contributed by atoms with Crippen LogP contribution in [0.2, 0.25) is 0 Å². The van der Waals surface area contributed by atoms with Crippen molar-refractivity contribution in [3.63, 3.8) is 0 Å². The maximum atomic E-state index is 9.94. The molecule has 0 spiro atoms. The molecule has 0 bridgehead atoms. The summed E-state index contributed by atoms with van der Waals surface area (Å²) in [5.41, 5.74) is 0.487. The summed E-state index contributed by atoms with van der Waals surface area (Å²) in [6.45, 7) is 6.97. The molecule has 0 aliphatic rings. The zero-order chi connectivity index (χ0) is 8.53. The second-order valence-corrected chi connectivity index (χ2v) is 2.42. The predicted molar refractivity (Wildman–Crippen MR) is 45.2 cm³/mol. The summed E-state index contributed by atoms with van der Waals surface area (Å²) in [4.78, 5) is 9.94. The molecule has 0 fully saturated rings. The van der Waals surface area contributed by atoms with Gasteiger partial charge in [-0.25, -0.2) is 0 Å². The molecule has 0 aromatic heterocycles. The van der Waals surface area contributed by atoms with Gasteiger partial charge in [-0.3, -0.25) is 4.79 Å². The van der Waals surface area contributed by atoms with Gasteiger partial charge in [0.05, 0.1) is 6.61 Å². The molecule has 0 aromatic rings. The highest BCUT2D eigenvalue weighted by atomic mass is 16.5. The first kappa shape index (κ1) is 10.4. The van der Waals surface area contributed by atoms with Crippen molar-refractivity contribution in [3.8, 4) is 0 Å². The van der Waals surface area contributed by atoms with Crippen molar-refractivity contribution in [1.82, 2.24) is 0 Å². The standard InChI is InChI=1S/C9H15O2/c1-3-4-6-11-7-5-9(2)8-10/h2-7H2,1H3. The monoisotopic (exact) mass is 155 g/mol. The number of carbonyl (C=O) groups excluding carboxylic acids is 1. The maximum absolute atomic E-state index is 9.94. The highest BCUT2D eigenvalue weighted by Crippen LogP contribution is 1.95.